The first-order chi connectivity index (χ1) is 15.7. The SMILES string of the molecule is O=C1CC(C(=O)Nc2ccccc2)Cc2[nH]c(-c3ccncc3)c(Nc3ccccc3)c21. The molecular weight excluding hydrogens is 400 g/mol. The normalized spacial score (nSPS) is 15.1. The van der Waals surface area contributed by atoms with Crippen LogP contribution in [0.4, 0.5) is 17.1 Å². The summed E-state index contributed by atoms with van der Waals surface area (Å²) in [7, 11) is 0. The number of benzene rings is 2. The highest BCUT2D eigenvalue weighted by molar-refractivity contribution is 6.10. The summed E-state index contributed by atoms with van der Waals surface area (Å²) in [5, 5.41) is 6.35. The van der Waals surface area contributed by atoms with E-state index >= 15 is 0 Å². The third kappa shape index (κ3) is 3.90. The molecule has 0 fully saturated rings. The zero-order valence-electron chi connectivity index (χ0n) is 17.3. The number of amides is 1. The predicted octanol–water partition coefficient (Wildman–Crippen LogP) is 5.20. The Morgan fingerprint density at radius 2 is 1.53 bits per heavy atom. The molecular formula is C26H22N4O2. The first-order valence-corrected chi connectivity index (χ1v) is 10.6. The van der Waals surface area contributed by atoms with E-state index in [0.29, 0.717) is 12.0 Å². The molecule has 0 saturated heterocycles. The van der Waals surface area contributed by atoms with Gasteiger partial charge in [-0.1, -0.05) is 36.4 Å². The average molecular weight is 422 g/mol. The minimum atomic E-state index is -0.427. The average Bonchev–Trinajstić information content (AvgIpc) is 3.19. The van der Waals surface area contributed by atoms with Crippen molar-refractivity contribution in [2.75, 3.05) is 10.6 Å². The Morgan fingerprint density at radius 1 is 0.875 bits per heavy atom. The van der Waals surface area contributed by atoms with E-state index in [0.717, 1.165) is 34.0 Å². The molecule has 2 aromatic carbocycles. The molecule has 2 heterocycles. The van der Waals surface area contributed by atoms with Gasteiger partial charge in [0.2, 0.25) is 5.91 Å². The summed E-state index contributed by atoms with van der Waals surface area (Å²) in [6.45, 7) is 0. The summed E-state index contributed by atoms with van der Waals surface area (Å²) >= 11 is 0. The van der Waals surface area contributed by atoms with Gasteiger partial charge < -0.3 is 15.6 Å². The van der Waals surface area contributed by atoms with Crippen molar-refractivity contribution in [3.8, 4) is 11.3 Å². The molecule has 3 N–H and O–H groups in total. The predicted molar refractivity (Wildman–Crippen MR) is 125 cm³/mol. The van der Waals surface area contributed by atoms with Gasteiger partial charge in [0, 0.05) is 47.9 Å². The van der Waals surface area contributed by atoms with Gasteiger partial charge in [-0.25, -0.2) is 0 Å². The number of rotatable bonds is 5. The van der Waals surface area contributed by atoms with Gasteiger partial charge in [-0.05, 0) is 36.4 Å². The molecule has 1 atom stereocenters. The maximum absolute atomic E-state index is 13.3. The van der Waals surface area contributed by atoms with Crippen molar-refractivity contribution in [3.05, 3.63) is 96.4 Å². The number of aromatic amines is 1. The second-order valence-corrected chi connectivity index (χ2v) is 7.84. The molecule has 1 unspecified atom stereocenters. The Labute approximate surface area is 185 Å². The van der Waals surface area contributed by atoms with Crippen molar-refractivity contribution < 1.29 is 9.59 Å². The van der Waals surface area contributed by atoms with E-state index in [1.165, 1.54) is 0 Å². The molecule has 1 amide bonds. The van der Waals surface area contributed by atoms with Gasteiger partial charge in [-0.2, -0.15) is 0 Å². The van der Waals surface area contributed by atoms with E-state index in [-0.39, 0.29) is 18.1 Å². The largest absolute Gasteiger partial charge is 0.356 e. The van der Waals surface area contributed by atoms with Crippen LogP contribution in [0.1, 0.15) is 22.5 Å². The quantitative estimate of drug-likeness (QED) is 0.412. The number of ketones is 1. The zero-order chi connectivity index (χ0) is 21.9. The number of H-pyrrole nitrogens is 1. The molecule has 0 bridgehead atoms. The monoisotopic (exact) mass is 422 g/mol. The molecule has 158 valence electrons. The summed E-state index contributed by atoms with van der Waals surface area (Å²) in [5.41, 5.74) is 5.51. The number of nitrogens with one attached hydrogen (secondary N) is 3. The summed E-state index contributed by atoms with van der Waals surface area (Å²) in [5.74, 6) is -0.619. The van der Waals surface area contributed by atoms with Crippen LogP contribution >= 0.6 is 0 Å². The van der Waals surface area contributed by atoms with Crippen LogP contribution in [0.3, 0.4) is 0 Å². The van der Waals surface area contributed by atoms with Crippen molar-refractivity contribution in [3.63, 3.8) is 0 Å². The molecule has 5 rings (SSSR count). The summed E-state index contributed by atoms with van der Waals surface area (Å²) < 4.78 is 0. The highest BCUT2D eigenvalue weighted by Crippen LogP contribution is 2.40. The van der Waals surface area contributed by atoms with Crippen molar-refractivity contribution >= 4 is 28.8 Å². The molecule has 1 aliphatic rings. The number of nitrogens with zero attached hydrogens (tertiary/aromatic N) is 1. The Bertz CT molecular complexity index is 1250. The standard InChI is InChI=1S/C26H22N4O2/c31-22-16-18(26(32)29-20-9-5-2-6-10-20)15-21-23(22)25(28-19-7-3-1-4-8-19)24(30-21)17-11-13-27-14-12-17/h1-14,18,28,30H,15-16H2,(H,29,32). The van der Waals surface area contributed by atoms with Crippen molar-refractivity contribution in [1.82, 2.24) is 9.97 Å². The smallest absolute Gasteiger partial charge is 0.228 e. The molecule has 0 radical (unpaired) electrons. The highest BCUT2D eigenvalue weighted by Gasteiger charge is 2.35. The number of anilines is 3. The lowest BCUT2D eigenvalue weighted by molar-refractivity contribution is -0.119. The van der Waals surface area contributed by atoms with E-state index in [1.807, 2.05) is 72.8 Å². The van der Waals surface area contributed by atoms with E-state index in [1.54, 1.807) is 12.4 Å². The first-order valence-electron chi connectivity index (χ1n) is 10.6. The number of Topliss-reactive ketones (excluding diaryl/α,β-unsaturated/α-hetero) is 1. The number of pyridine rings is 1. The molecule has 0 aliphatic heterocycles. The van der Waals surface area contributed by atoms with E-state index < -0.39 is 5.92 Å². The van der Waals surface area contributed by atoms with Gasteiger partial charge in [-0.15, -0.1) is 0 Å². The van der Waals surface area contributed by atoms with Crippen LogP contribution in [0.2, 0.25) is 0 Å². The van der Waals surface area contributed by atoms with Gasteiger partial charge in [0.05, 0.1) is 22.9 Å². The second kappa shape index (κ2) is 8.51. The Balaban J connectivity index is 1.50. The summed E-state index contributed by atoms with van der Waals surface area (Å²) in [4.78, 5) is 33.7. The molecule has 1 aliphatic carbocycles. The number of para-hydroxylation sites is 2. The van der Waals surface area contributed by atoms with Gasteiger partial charge in [-0.3, -0.25) is 14.6 Å². The fraction of sp³-hybridized carbons (Fsp3) is 0.115. The Morgan fingerprint density at radius 3 is 2.22 bits per heavy atom. The fourth-order valence-corrected chi connectivity index (χ4v) is 4.13. The van der Waals surface area contributed by atoms with Gasteiger partial charge in [0.15, 0.2) is 5.78 Å². The summed E-state index contributed by atoms with van der Waals surface area (Å²) in [6, 6.07) is 22.9. The van der Waals surface area contributed by atoms with Gasteiger partial charge in [0.1, 0.15) is 0 Å². The third-order valence-corrected chi connectivity index (χ3v) is 5.66. The van der Waals surface area contributed by atoms with Crippen LogP contribution in [0.25, 0.3) is 11.3 Å². The number of carbonyl (C=O) groups is 2. The molecule has 0 spiro atoms. The highest BCUT2D eigenvalue weighted by atomic mass is 16.2. The lowest BCUT2D eigenvalue weighted by atomic mass is 9.85. The van der Waals surface area contributed by atoms with Crippen molar-refractivity contribution in [2.45, 2.75) is 12.8 Å². The van der Waals surface area contributed by atoms with Gasteiger partial charge in [0.25, 0.3) is 0 Å². The van der Waals surface area contributed by atoms with Crippen molar-refractivity contribution in [1.29, 1.82) is 0 Å². The van der Waals surface area contributed by atoms with Crippen LogP contribution in [0.5, 0.6) is 0 Å². The van der Waals surface area contributed by atoms with Crippen molar-refractivity contribution in [2.24, 2.45) is 5.92 Å². The third-order valence-electron chi connectivity index (χ3n) is 5.66. The molecule has 32 heavy (non-hydrogen) atoms. The number of hydrogen-bond donors (Lipinski definition) is 3. The number of aromatic nitrogens is 2. The molecule has 6 nitrogen and oxygen atoms in total. The molecule has 6 heteroatoms. The van der Waals surface area contributed by atoms with Crippen LogP contribution in [-0.2, 0) is 11.2 Å². The molecule has 4 aromatic rings. The number of carbonyl (C=O) groups excluding carboxylic acids is 2. The zero-order valence-corrected chi connectivity index (χ0v) is 17.3. The maximum atomic E-state index is 13.3. The maximum Gasteiger partial charge on any atom is 0.228 e. The molecule has 0 saturated carbocycles. The lowest BCUT2D eigenvalue weighted by Gasteiger charge is -2.21. The second-order valence-electron chi connectivity index (χ2n) is 7.84. The van der Waals surface area contributed by atoms with E-state index in [2.05, 4.69) is 20.6 Å². The Kier molecular flexibility index (Phi) is 5.25. The minimum absolute atomic E-state index is 0.0468. The topological polar surface area (TPSA) is 86.9 Å². The number of hydrogen-bond acceptors (Lipinski definition) is 4. The Hall–Kier alpha value is -4.19. The first kappa shape index (κ1) is 19.8. The minimum Gasteiger partial charge on any atom is -0.356 e. The van der Waals surface area contributed by atoms with Crippen LogP contribution < -0.4 is 10.6 Å². The fourth-order valence-electron chi connectivity index (χ4n) is 4.13. The lowest BCUT2D eigenvalue weighted by Crippen LogP contribution is -2.31. The number of fused-ring (bicyclic) bond motifs is 1. The van der Waals surface area contributed by atoms with E-state index in [9.17, 15) is 9.59 Å². The van der Waals surface area contributed by atoms with E-state index in [4.69, 9.17) is 0 Å². The van der Waals surface area contributed by atoms with Gasteiger partial charge >= 0.3 is 0 Å². The van der Waals surface area contributed by atoms with Crippen LogP contribution in [-0.4, -0.2) is 21.7 Å². The van der Waals surface area contributed by atoms with Crippen LogP contribution in [0, 0.1) is 5.92 Å². The summed E-state index contributed by atoms with van der Waals surface area (Å²) in [6.07, 6.45) is 4.08. The van der Waals surface area contributed by atoms with Crippen LogP contribution in [0.15, 0.2) is 85.2 Å². The molecule has 2 aromatic heterocycles.